The molecule has 10 heteroatoms. The fourth-order valence-corrected chi connectivity index (χ4v) is 5.55. The van der Waals surface area contributed by atoms with Crippen molar-refractivity contribution in [2.75, 3.05) is 17.2 Å². The van der Waals surface area contributed by atoms with Gasteiger partial charge in [-0.05, 0) is 56.2 Å². The highest BCUT2D eigenvalue weighted by Gasteiger charge is 2.44. The largest absolute Gasteiger partial charge is 0.383 e. The Labute approximate surface area is 239 Å². The lowest BCUT2D eigenvalue weighted by atomic mass is 9.96. The minimum absolute atomic E-state index is 0.000436. The molecule has 0 spiro atoms. The number of allylic oxidation sites excluding steroid dienone is 1. The molecule has 2 saturated carbocycles. The first-order valence-corrected chi connectivity index (χ1v) is 14.2. The first-order chi connectivity index (χ1) is 19.1. The van der Waals surface area contributed by atoms with Gasteiger partial charge in [-0.3, -0.25) is 9.99 Å². The van der Waals surface area contributed by atoms with E-state index in [-0.39, 0.29) is 11.5 Å². The quantitative estimate of drug-likeness (QED) is 0.237. The number of aromatic nitrogens is 2. The number of fused-ring (bicyclic) bond motifs is 1. The molecule has 0 unspecified atom stereocenters. The zero-order valence-electron chi connectivity index (χ0n) is 23.2. The smallest absolute Gasteiger partial charge is 0.213 e. The van der Waals surface area contributed by atoms with Crippen LogP contribution in [0.15, 0.2) is 41.9 Å². The van der Waals surface area contributed by atoms with Crippen LogP contribution in [0.25, 0.3) is 10.9 Å². The number of anilines is 2. The Balaban J connectivity index is 1.46. The highest BCUT2D eigenvalue weighted by molar-refractivity contribution is 6.35. The summed E-state index contributed by atoms with van der Waals surface area (Å²) in [5.41, 5.74) is 13.1. The van der Waals surface area contributed by atoms with Gasteiger partial charge in [0.05, 0.1) is 39.2 Å². The van der Waals surface area contributed by atoms with Crippen LogP contribution in [0.2, 0.25) is 5.02 Å². The van der Waals surface area contributed by atoms with Crippen molar-refractivity contribution in [1.82, 2.24) is 25.9 Å². The summed E-state index contributed by atoms with van der Waals surface area (Å²) in [6.07, 6.45) is 6.17. The third-order valence-corrected chi connectivity index (χ3v) is 7.85. The molecular formula is C30H34ClFN8. The molecule has 2 aliphatic carbocycles. The van der Waals surface area contributed by atoms with Gasteiger partial charge >= 0.3 is 0 Å². The van der Waals surface area contributed by atoms with Crippen molar-refractivity contribution in [3.05, 3.63) is 69.6 Å². The van der Waals surface area contributed by atoms with E-state index in [1.165, 1.54) is 11.8 Å². The standard InChI is InChI=1S/C30H34ClFN8/c1-16-21(9-10-24(32)36-16)27(28-29(17-5-6-17)40(39-38-28)20-7-8-20)37-19-11-22-25(35-15-30(2,3)4)18(13-33)14-34-26(22)23(31)12-19/h9-12,14,17,20,27,37-39H,5-8,15H2,1-4H3,(H,34,35)/t27-/m0/s1. The molecule has 0 radical (unpaired) electrons. The second kappa shape index (κ2) is 10.1. The van der Waals surface area contributed by atoms with Gasteiger partial charge in [-0.1, -0.05) is 38.4 Å². The van der Waals surface area contributed by atoms with Crippen molar-refractivity contribution in [3.63, 3.8) is 0 Å². The first kappa shape index (κ1) is 26.6. The molecular weight excluding hydrogens is 527 g/mol. The predicted molar refractivity (Wildman–Crippen MR) is 156 cm³/mol. The van der Waals surface area contributed by atoms with Crippen molar-refractivity contribution in [1.29, 1.82) is 5.26 Å². The fraction of sp³-hybridized carbons (Fsp3) is 0.433. The highest BCUT2D eigenvalue weighted by atomic mass is 35.5. The summed E-state index contributed by atoms with van der Waals surface area (Å²) in [6.45, 7) is 8.91. The first-order valence-electron chi connectivity index (χ1n) is 13.8. The molecule has 0 saturated heterocycles. The molecule has 4 N–H and O–H groups in total. The van der Waals surface area contributed by atoms with E-state index >= 15 is 0 Å². The fourth-order valence-electron chi connectivity index (χ4n) is 5.28. The van der Waals surface area contributed by atoms with Gasteiger partial charge in [0.1, 0.15) is 6.07 Å². The number of nitrogens with one attached hydrogen (secondary N) is 4. The Morgan fingerprint density at radius 2 is 2.00 bits per heavy atom. The minimum atomic E-state index is -0.507. The van der Waals surface area contributed by atoms with Crippen LogP contribution in [0.3, 0.4) is 0 Å². The van der Waals surface area contributed by atoms with Gasteiger partial charge in [0.2, 0.25) is 5.95 Å². The van der Waals surface area contributed by atoms with Crippen LogP contribution >= 0.6 is 11.6 Å². The van der Waals surface area contributed by atoms with Gasteiger partial charge < -0.3 is 16.1 Å². The monoisotopic (exact) mass is 560 g/mol. The van der Waals surface area contributed by atoms with Gasteiger partial charge in [-0.15, -0.1) is 5.53 Å². The van der Waals surface area contributed by atoms with Gasteiger partial charge in [0.25, 0.3) is 0 Å². The Morgan fingerprint density at radius 3 is 2.65 bits per heavy atom. The maximum absolute atomic E-state index is 14.1. The molecule has 0 amide bonds. The van der Waals surface area contributed by atoms with Gasteiger partial charge in [0.15, 0.2) is 0 Å². The van der Waals surface area contributed by atoms with Crippen LogP contribution < -0.4 is 21.6 Å². The maximum atomic E-state index is 14.1. The summed E-state index contributed by atoms with van der Waals surface area (Å²) in [5, 5.41) is 20.5. The van der Waals surface area contributed by atoms with Gasteiger partial charge in [0, 0.05) is 47.0 Å². The second-order valence-corrected chi connectivity index (χ2v) is 12.6. The lowest BCUT2D eigenvalue weighted by molar-refractivity contribution is 0.230. The molecule has 2 aromatic heterocycles. The average molecular weight is 561 g/mol. The molecule has 1 atom stereocenters. The minimum Gasteiger partial charge on any atom is -0.383 e. The zero-order valence-corrected chi connectivity index (χ0v) is 24.0. The molecule has 6 rings (SSSR count). The van der Waals surface area contributed by atoms with Crippen molar-refractivity contribution in [3.8, 4) is 6.07 Å². The van der Waals surface area contributed by atoms with Crippen molar-refractivity contribution in [2.24, 2.45) is 11.3 Å². The SMILES string of the molecule is Cc1nc(F)ccc1[C@H](Nc1cc(Cl)c2ncc(C#N)c(NCC(C)(C)C)c2c1)C1=C(C2CC2)N(C2CC2)NN1. The van der Waals surface area contributed by atoms with Crippen LogP contribution in [0, 0.1) is 35.5 Å². The zero-order chi connectivity index (χ0) is 28.2. The van der Waals surface area contributed by atoms with Crippen LogP contribution in [0.1, 0.15) is 69.3 Å². The molecule has 2 fully saturated rings. The summed E-state index contributed by atoms with van der Waals surface area (Å²) in [6, 6.07) is 9.45. The maximum Gasteiger partial charge on any atom is 0.213 e. The van der Waals surface area contributed by atoms with E-state index in [0.29, 0.717) is 46.0 Å². The Morgan fingerprint density at radius 1 is 1.23 bits per heavy atom. The number of hydrazine groups is 2. The molecule has 0 bridgehead atoms. The third-order valence-electron chi connectivity index (χ3n) is 7.57. The van der Waals surface area contributed by atoms with Crippen molar-refractivity contribution in [2.45, 2.75) is 65.5 Å². The molecule has 208 valence electrons. The summed E-state index contributed by atoms with van der Waals surface area (Å²) in [5.74, 6) is -0.0289. The number of aryl methyl sites for hydroxylation is 1. The average Bonchev–Trinajstić information content (AvgIpc) is 3.84. The topological polar surface area (TPSA) is 101 Å². The number of halogens is 2. The van der Waals surface area contributed by atoms with Gasteiger partial charge in [-0.2, -0.15) is 9.65 Å². The van der Waals surface area contributed by atoms with Crippen LogP contribution in [0.5, 0.6) is 0 Å². The lowest BCUT2D eigenvalue weighted by Crippen LogP contribution is -2.40. The van der Waals surface area contributed by atoms with E-state index in [1.807, 2.05) is 19.1 Å². The molecule has 3 aliphatic rings. The number of pyridine rings is 2. The summed E-state index contributed by atoms with van der Waals surface area (Å²) in [4.78, 5) is 8.64. The van der Waals surface area contributed by atoms with E-state index < -0.39 is 5.95 Å². The van der Waals surface area contributed by atoms with E-state index in [0.717, 1.165) is 48.0 Å². The van der Waals surface area contributed by atoms with E-state index in [2.05, 4.69) is 63.4 Å². The van der Waals surface area contributed by atoms with Gasteiger partial charge in [-0.25, -0.2) is 4.98 Å². The Kier molecular flexibility index (Phi) is 6.71. The Bertz CT molecular complexity index is 1550. The van der Waals surface area contributed by atoms with Crippen LogP contribution in [-0.4, -0.2) is 27.6 Å². The molecule has 3 heterocycles. The van der Waals surface area contributed by atoms with E-state index in [1.54, 1.807) is 12.3 Å². The summed E-state index contributed by atoms with van der Waals surface area (Å²) in [7, 11) is 0. The predicted octanol–water partition coefficient (Wildman–Crippen LogP) is 6.32. The number of nitriles is 1. The number of benzene rings is 1. The molecule has 40 heavy (non-hydrogen) atoms. The summed E-state index contributed by atoms with van der Waals surface area (Å²) < 4.78 is 14.1. The number of rotatable bonds is 8. The lowest BCUT2D eigenvalue weighted by Gasteiger charge is -2.25. The van der Waals surface area contributed by atoms with Crippen LogP contribution in [0.4, 0.5) is 15.8 Å². The molecule has 3 aromatic rings. The summed E-state index contributed by atoms with van der Waals surface area (Å²) >= 11 is 6.80. The van der Waals surface area contributed by atoms with Crippen molar-refractivity contribution < 1.29 is 4.39 Å². The number of hydrogen-bond donors (Lipinski definition) is 4. The second-order valence-electron chi connectivity index (χ2n) is 12.2. The number of nitrogens with zero attached hydrogens (tertiary/aromatic N) is 4. The van der Waals surface area contributed by atoms with Crippen molar-refractivity contribution >= 4 is 33.9 Å². The molecule has 1 aromatic carbocycles. The van der Waals surface area contributed by atoms with E-state index in [4.69, 9.17) is 11.6 Å². The highest BCUT2D eigenvalue weighted by Crippen LogP contribution is 2.47. The van der Waals surface area contributed by atoms with Crippen LogP contribution in [-0.2, 0) is 0 Å². The third kappa shape index (κ3) is 5.26. The Hall–Kier alpha value is -3.61. The molecule has 1 aliphatic heterocycles. The normalized spacial score (nSPS) is 18.1. The number of hydrogen-bond acceptors (Lipinski definition) is 8. The molecule has 8 nitrogen and oxygen atoms in total. The van der Waals surface area contributed by atoms with E-state index in [9.17, 15) is 9.65 Å².